The number of ether oxygens (including phenoxy) is 1. The maximum atomic E-state index is 12.1. The second-order valence-electron chi connectivity index (χ2n) is 4.79. The van der Waals surface area contributed by atoms with E-state index in [0.717, 1.165) is 12.8 Å². The topological polar surface area (TPSA) is 99.3 Å². The van der Waals surface area contributed by atoms with E-state index in [1.807, 2.05) is 6.92 Å². The number of hydrogen-bond acceptors (Lipinski definition) is 5. The number of carbonyl (C=O) groups excluding carboxylic acids is 1. The molecule has 8 nitrogen and oxygen atoms in total. The molecule has 1 aromatic rings. The number of nitro groups is 1. The molecule has 1 aromatic heterocycles. The molecule has 0 unspecified atom stereocenters. The summed E-state index contributed by atoms with van der Waals surface area (Å²) in [5.41, 5.74) is -0.425. The number of amides is 1. The fraction of sp³-hybridized carbons (Fsp3) is 0.667. The number of nitrogens with one attached hydrogen (secondary N) is 1. The van der Waals surface area contributed by atoms with Crippen LogP contribution in [0, 0.1) is 10.1 Å². The first-order valence-corrected chi connectivity index (χ1v) is 6.67. The zero-order valence-corrected chi connectivity index (χ0v) is 11.5. The summed E-state index contributed by atoms with van der Waals surface area (Å²) in [6.07, 6.45) is 3.08. The molecule has 2 rings (SSSR count). The van der Waals surface area contributed by atoms with Gasteiger partial charge in [-0.15, -0.1) is 0 Å². The maximum absolute atomic E-state index is 12.1. The highest BCUT2D eigenvalue weighted by Crippen LogP contribution is 2.19. The minimum absolute atomic E-state index is 0.0359. The number of nitrogens with zero attached hydrogens (tertiary/aromatic N) is 3. The summed E-state index contributed by atoms with van der Waals surface area (Å²) in [7, 11) is 0. The van der Waals surface area contributed by atoms with Crippen LogP contribution in [0.25, 0.3) is 0 Å². The van der Waals surface area contributed by atoms with E-state index in [9.17, 15) is 14.9 Å². The maximum Gasteiger partial charge on any atom is 0.320 e. The first-order valence-electron chi connectivity index (χ1n) is 6.67. The van der Waals surface area contributed by atoms with E-state index in [4.69, 9.17) is 4.74 Å². The Morgan fingerprint density at radius 3 is 3.05 bits per heavy atom. The highest BCUT2D eigenvalue weighted by Gasteiger charge is 2.29. The van der Waals surface area contributed by atoms with E-state index < -0.39 is 10.8 Å². The van der Waals surface area contributed by atoms with Gasteiger partial charge in [-0.2, -0.15) is 5.10 Å². The predicted molar refractivity (Wildman–Crippen MR) is 70.5 cm³/mol. The van der Waals surface area contributed by atoms with Crippen LogP contribution in [0.2, 0.25) is 0 Å². The van der Waals surface area contributed by atoms with E-state index in [1.54, 1.807) is 6.92 Å². The van der Waals surface area contributed by atoms with Gasteiger partial charge in [-0.05, 0) is 26.7 Å². The first kappa shape index (κ1) is 14.4. The molecule has 0 aromatic carbocycles. The lowest BCUT2D eigenvalue weighted by Crippen LogP contribution is -2.41. The van der Waals surface area contributed by atoms with Crippen molar-refractivity contribution >= 4 is 11.6 Å². The predicted octanol–water partition coefficient (Wildman–Crippen LogP) is 1.11. The number of aromatic nitrogens is 2. The van der Waals surface area contributed by atoms with Crippen LogP contribution in [-0.2, 0) is 11.3 Å². The van der Waals surface area contributed by atoms with Crippen molar-refractivity contribution in [1.82, 2.24) is 15.1 Å². The van der Waals surface area contributed by atoms with E-state index in [0.29, 0.717) is 13.2 Å². The van der Waals surface area contributed by atoms with Crippen LogP contribution in [-0.4, -0.2) is 39.4 Å². The molecule has 0 bridgehead atoms. The van der Waals surface area contributed by atoms with Gasteiger partial charge in [0.2, 0.25) is 5.69 Å². The van der Waals surface area contributed by atoms with Crippen molar-refractivity contribution in [1.29, 1.82) is 0 Å². The van der Waals surface area contributed by atoms with Crippen LogP contribution < -0.4 is 5.32 Å². The van der Waals surface area contributed by atoms with Gasteiger partial charge in [0.05, 0.1) is 17.1 Å². The van der Waals surface area contributed by atoms with Crippen molar-refractivity contribution < 1.29 is 14.5 Å². The minimum Gasteiger partial charge on any atom is -0.376 e. The van der Waals surface area contributed by atoms with Crippen molar-refractivity contribution in [2.24, 2.45) is 0 Å². The van der Waals surface area contributed by atoms with E-state index in [-0.39, 0.29) is 23.5 Å². The summed E-state index contributed by atoms with van der Waals surface area (Å²) in [6.45, 7) is 4.79. The summed E-state index contributed by atoms with van der Waals surface area (Å²) >= 11 is 0. The largest absolute Gasteiger partial charge is 0.376 e. The summed E-state index contributed by atoms with van der Waals surface area (Å²) in [5.74, 6) is -0.535. The van der Waals surface area contributed by atoms with Crippen LogP contribution in [0.1, 0.15) is 37.2 Å². The number of carbonyl (C=O) groups is 1. The van der Waals surface area contributed by atoms with Gasteiger partial charge >= 0.3 is 5.69 Å². The molecule has 20 heavy (non-hydrogen) atoms. The van der Waals surface area contributed by atoms with Crippen molar-refractivity contribution in [3.05, 3.63) is 22.0 Å². The van der Waals surface area contributed by atoms with Gasteiger partial charge in [0.1, 0.15) is 6.20 Å². The van der Waals surface area contributed by atoms with Crippen LogP contribution in [0.15, 0.2) is 6.20 Å². The summed E-state index contributed by atoms with van der Waals surface area (Å²) in [6, 6.07) is -0.198. The lowest BCUT2D eigenvalue weighted by molar-refractivity contribution is -0.385. The fourth-order valence-corrected chi connectivity index (χ4v) is 2.23. The highest BCUT2D eigenvalue weighted by molar-refractivity contribution is 5.96. The molecular formula is C12H18N4O4. The fourth-order valence-electron chi connectivity index (χ4n) is 2.23. The quantitative estimate of drug-likeness (QED) is 0.644. The Morgan fingerprint density at radius 1 is 1.75 bits per heavy atom. The highest BCUT2D eigenvalue weighted by atomic mass is 16.6. The van der Waals surface area contributed by atoms with Crippen LogP contribution >= 0.6 is 0 Å². The lowest BCUT2D eigenvalue weighted by Gasteiger charge is -2.19. The summed E-state index contributed by atoms with van der Waals surface area (Å²) in [4.78, 5) is 22.5. The van der Waals surface area contributed by atoms with Gasteiger partial charge in [-0.25, -0.2) is 0 Å². The van der Waals surface area contributed by atoms with Crippen molar-refractivity contribution in [3.8, 4) is 0 Å². The Morgan fingerprint density at radius 2 is 2.50 bits per heavy atom. The molecule has 110 valence electrons. The third kappa shape index (κ3) is 2.96. The second-order valence-corrected chi connectivity index (χ2v) is 4.79. The molecule has 0 spiro atoms. The zero-order chi connectivity index (χ0) is 14.7. The van der Waals surface area contributed by atoms with Crippen molar-refractivity contribution in [2.75, 3.05) is 6.61 Å². The Kier molecular flexibility index (Phi) is 4.33. The van der Waals surface area contributed by atoms with Gasteiger partial charge < -0.3 is 10.1 Å². The molecule has 0 aliphatic carbocycles. The molecule has 1 aliphatic rings. The Hall–Kier alpha value is -1.96. The van der Waals surface area contributed by atoms with Crippen LogP contribution in [0.3, 0.4) is 0 Å². The standard InChI is InChI=1S/C12H18N4O4/c1-3-15-7-9(16(18)19)11(14-15)12(17)13-8(2)10-5-4-6-20-10/h7-8,10H,3-6H2,1-2H3,(H,13,17)/t8-,10-/m0/s1. The monoisotopic (exact) mass is 282 g/mol. The SMILES string of the molecule is CCn1cc([N+](=O)[O-])c(C(=O)N[C@@H](C)[C@@H]2CCCO2)n1. The molecule has 0 radical (unpaired) electrons. The van der Waals surface area contributed by atoms with Crippen molar-refractivity contribution in [3.63, 3.8) is 0 Å². The van der Waals surface area contributed by atoms with Crippen molar-refractivity contribution in [2.45, 2.75) is 45.4 Å². The number of hydrogen-bond donors (Lipinski definition) is 1. The van der Waals surface area contributed by atoms with E-state index in [2.05, 4.69) is 10.4 Å². The van der Waals surface area contributed by atoms with Crippen LogP contribution in [0.4, 0.5) is 5.69 Å². The first-order chi connectivity index (χ1) is 9.52. The molecule has 2 heterocycles. The zero-order valence-electron chi connectivity index (χ0n) is 11.5. The van der Waals surface area contributed by atoms with Gasteiger partial charge in [-0.3, -0.25) is 19.6 Å². The van der Waals surface area contributed by atoms with Gasteiger partial charge in [0.15, 0.2) is 0 Å². The molecule has 8 heteroatoms. The van der Waals surface area contributed by atoms with Crippen LogP contribution in [0.5, 0.6) is 0 Å². The Balaban J connectivity index is 2.11. The lowest BCUT2D eigenvalue weighted by atomic mass is 10.1. The molecule has 1 fully saturated rings. The summed E-state index contributed by atoms with van der Waals surface area (Å²) in [5, 5.41) is 17.6. The van der Waals surface area contributed by atoms with Gasteiger partial charge in [-0.1, -0.05) is 0 Å². The molecule has 1 saturated heterocycles. The molecule has 1 N–H and O–H groups in total. The third-order valence-corrected chi connectivity index (χ3v) is 3.36. The molecule has 2 atom stereocenters. The minimum atomic E-state index is -0.592. The smallest absolute Gasteiger partial charge is 0.320 e. The average molecular weight is 282 g/mol. The Bertz CT molecular complexity index is 508. The number of aryl methyl sites for hydroxylation is 1. The number of rotatable bonds is 5. The normalized spacial score (nSPS) is 19.8. The van der Waals surface area contributed by atoms with Gasteiger partial charge in [0, 0.05) is 13.2 Å². The second kappa shape index (κ2) is 6.00. The third-order valence-electron chi connectivity index (χ3n) is 3.36. The van der Waals surface area contributed by atoms with E-state index >= 15 is 0 Å². The molecule has 0 saturated carbocycles. The molecule has 1 aliphatic heterocycles. The summed E-state index contributed by atoms with van der Waals surface area (Å²) < 4.78 is 6.86. The average Bonchev–Trinajstić information content (AvgIpc) is 3.07. The Labute approximate surface area is 116 Å². The van der Waals surface area contributed by atoms with Gasteiger partial charge in [0.25, 0.3) is 5.91 Å². The van der Waals surface area contributed by atoms with E-state index in [1.165, 1.54) is 10.9 Å². The molecular weight excluding hydrogens is 264 g/mol. The molecule has 1 amide bonds.